The average Bonchev–Trinajstić information content (AvgIpc) is 3.03. The van der Waals surface area contributed by atoms with Crippen molar-refractivity contribution in [3.63, 3.8) is 0 Å². The molecule has 2 saturated carbocycles. The van der Waals surface area contributed by atoms with Crippen molar-refractivity contribution in [3.05, 3.63) is 11.1 Å². The first-order chi connectivity index (χ1) is 15.9. The van der Waals surface area contributed by atoms with E-state index in [1.165, 1.54) is 11.1 Å². The third-order valence-corrected chi connectivity index (χ3v) is 12.2. The first-order valence-electron chi connectivity index (χ1n) is 14.1. The van der Waals surface area contributed by atoms with E-state index in [1.807, 2.05) is 0 Å². The van der Waals surface area contributed by atoms with Gasteiger partial charge in [-0.3, -0.25) is 0 Å². The second-order valence-electron chi connectivity index (χ2n) is 14.7. The van der Waals surface area contributed by atoms with Crippen LogP contribution in [-0.4, -0.2) is 55.5 Å². The lowest BCUT2D eigenvalue weighted by Gasteiger charge is -2.63. The number of aliphatic hydroxyl groups is 5. The highest BCUT2D eigenvalue weighted by molar-refractivity contribution is 5.40. The summed E-state index contributed by atoms with van der Waals surface area (Å²) in [7, 11) is 0. The van der Waals surface area contributed by atoms with E-state index in [9.17, 15) is 25.5 Å². The largest absolute Gasteiger partial charge is 0.392 e. The zero-order chi connectivity index (χ0) is 26.4. The summed E-state index contributed by atoms with van der Waals surface area (Å²) in [5.41, 5.74) is 0.884. The lowest BCUT2D eigenvalue weighted by atomic mass is 9.42. The molecule has 1 unspecified atom stereocenters. The monoisotopic (exact) mass is 492 g/mol. The molecule has 0 heterocycles. The molecule has 35 heavy (non-hydrogen) atoms. The molecule has 0 amide bonds. The smallest absolute Gasteiger partial charge is 0.0853 e. The minimum Gasteiger partial charge on any atom is -0.392 e. The minimum atomic E-state index is -1.10. The summed E-state index contributed by atoms with van der Waals surface area (Å²) in [5.74, 6) is 0.978. The molecule has 0 aromatic carbocycles. The van der Waals surface area contributed by atoms with Crippen LogP contribution in [0, 0.1) is 39.4 Å². The van der Waals surface area contributed by atoms with E-state index in [0.717, 1.165) is 32.1 Å². The molecule has 10 atom stereocenters. The summed E-state index contributed by atoms with van der Waals surface area (Å²) in [6.07, 6.45) is 4.11. The Labute approximate surface area is 213 Å². The molecular formula is C30H52O5. The lowest BCUT2D eigenvalue weighted by Crippen LogP contribution is -2.61. The molecule has 5 heteroatoms. The fraction of sp³-hybridized carbons (Fsp3) is 0.933. The van der Waals surface area contributed by atoms with Crippen molar-refractivity contribution in [1.82, 2.24) is 0 Å². The van der Waals surface area contributed by atoms with E-state index in [0.29, 0.717) is 31.1 Å². The maximum atomic E-state index is 11.9. The summed E-state index contributed by atoms with van der Waals surface area (Å²) in [6.45, 7) is 16.8. The molecule has 4 aliphatic rings. The Kier molecular flexibility index (Phi) is 6.72. The number of rotatable bonds is 5. The van der Waals surface area contributed by atoms with Crippen molar-refractivity contribution in [2.45, 2.75) is 137 Å². The Bertz CT molecular complexity index is 857. The number of fused-ring (bicyclic) bond motifs is 4. The van der Waals surface area contributed by atoms with Crippen LogP contribution in [0.5, 0.6) is 0 Å². The molecule has 5 N–H and O–H groups in total. The Balaban J connectivity index is 1.67. The van der Waals surface area contributed by atoms with Crippen LogP contribution < -0.4 is 0 Å². The van der Waals surface area contributed by atoms with Crippen molar-refractivity contribution in [1.29, 1.82) is 0 Å². The normalized spacial score (nSPS) is 47.1. The fourth-order valence-electron chi connectivity index (χ4n) is 9.75. The second-order valence-corrected chi connectivity index (χ2v) is 14.7. The zero-order valence-corrected chi connectivity index (χ0v) is 23.4. The van der Waals surface area contributed by atoms with Crippen LogP contribution in [0.2, 0.25) is 0 Å². The summed E-state index contributed by atoms with van der Waals surface area (Å²) in [6, 6.07) is 0. The molecule has 0 bridgehead atoms. The molecule has 0 aromatic rings. The zero-order valence-electron chi connectivity index (χ0n) is 23.4. The molecule has 5 nitrogen and oxygen atoms in total. The molecule has 4 aliphatic carbocycles. The van der Waals surface area contributed by atoms with Crippen molar-refractivity contribution < 1.29 is 25.5 Å². The SMILES string of the molecule is C[C@H](CC[C@@H](O)C(C)(C)O)[C@H]1CC[C@@]2(C)C3=C(C[C@H](O)[C@]12C)[C@@]1(C)C[C@@H](O)[C@H](O)C(C)(C)C1CC3. The van der Waals surface area contributed by atoms with Crippen LogP contribution in [-0.2, 0) is 0 Å². The molecule has 0 spiro atoms. The highest BCUT2D eigenvalue weighted by Crippen LogP contribution is 2.72. The maximum absolute atomic E-state index is 11.9. The van der Waals surface area contributed by atoms with Crippen molar-refractivity contribution in [3.8, 4) is 0 Å². The van der Waals surface area contributed by atoms with Crippen LogP contribution in [0.15, 0.2) is 11.1 Å². The van der Waals surface area contributed by atoms with Gasteiger partial charge in [0.2, 0.25) is 0 Å². The van der Waals surface area contributed by atoms with E-state index >= 15 is 0 Å². The van der Waals surface area contributed by atoms with E-state index < -0.39 is 30.0 Å². The van der Waals surface area contributed by atoms with Gasteiger partial charge in [0.25, 0.3) is 0 Å². The molecular weight excluding hydrogens is 440 g/mol. The van der Waals surface area contributed by atoms with Gasteiger partial charge in [-0.15, -0.1) is 0 Å². The third-order valence-electron chi connectivity index (χ3n) is 12.2. The highest BCUT2D eigenvalue weighted by Gasteiger charge is 2.66. The van der Waals surface area contributed by atoms with Gasteiger partial charge in [0.15, 0.2) is 0 Å². The van der Waals surface area contributed by atoms with Crippen molar-refractivity contribution in [2.24, 2.45) is 39.4 Å². The Morgan fingerprint density at radius 3 is 2.20 bits per heavy atom. The van der Waals surface area contributed by atoms with Crippen LogP contribution >= 0.6 is 0 Å². The van der Waals surface area contributed by atoms with Gasteiger partial charge in [0.1, 0.15) is 0 Å². The van der Waals surface area contributed by atoms with Crippen LogP contribution in [0.3, 0.4) is 0 Å². The topological polar surface area (TPSA) is 101 Å². The molecule has 0 aromatic heterocycles. The quantitative estimate of drug-likeness (QED) is 0.362. The van der Waals surface area contributed by atoms with E-state index in [4.69, 9.17) is 0 Å². The summed E-state index contributed by atoms with van der Waals surface area (Å²) in [4.78, 5) is 0. The van der Waals surface area contributed by atoms with Crippen molar-refractivity contribution >= 4 is 0 Å². The minimum absolute atomic E-state index is 0.0903. The third kappa shape index (κ3) is 3.81. The Morgan fingerprint density at radius 1 is 0.971 bits per heavy atom. The Hall–Kier alpha value is -0.460. The van der Waals surface area contributed by atoms with E-state index in [2.05, 4.69) is 41.5 Å². The summed E-state index contributed by atoms with van der Waals surface area (Å²) < 4.78 is 0. The molecule has 0 aliphatic heterocycles. The van der Waals surface area contributed by atoms with Crippen molar-refractivity contribution in [2.75, 3.05) is 0 Å². The van der Waals surface area contributed by atoms with Crippen LogP contribution in [0.25, 0.3) is 0 Å². The Morgan fingerprint density at radius 2 is 1.60 bits per heavy atom. The maximum Gasteiger partial charge on any atom is 0.0853 e. The summed E-state index contributed by atoms with van der Waals surface area (Å²) in [5, 5.41) is 54.2. The lowest BCUT2D eigenvalue weighted by molar-refractivity contribution is -0.163. The van der Waals surface area contributed by atoms with Gasteiger partial charge in [-0.05, 0) is 99.2 Å². The molecule has 2 fully saturated rings. The van der Waals surface area contributed by atoms with Gasteiger partial charge in [-0.2, -0.15) is 0 Å². The first-order valence-corrected chi connectivity index (χ1v) is 14.1. The average molecular weight is 493 g/mol. The predicted molar refractivity (Wildman–Crippen MR) is 139 cm³/mol. The standard InChI is InChI=1S/C30H52O5/c1-17(9-12-23(32)27(4,5)35)18-13-14-29(7)19-10-11-22-26(2,3)25(34)21(31)16-28(22,6)20(19)15-24(33)30(18,29)8/h17-18,21-25,31-35H,9-16H2,1-8H3/t17-,18-,21-,22?,23-,24+,25+,28-,29+,30+/m1/s1. The number of hydrogen-bond acceptors (Lipinski definition) is 5. The molecule has 202 valence electrons. The van der Waals surface area contributed by atoms with Crippen LogP contribution in [0.1, 0.15) is 107 Å². The number of hydrogen-bond donors (Lipinski definition) is 5. The molecule has 0 radical (unpaired) electrons. The second kappa shape index (κ2) is 8.53. The van der Waals surface area contributed by atoms with E-state index in [-0.39, 0.29) is 27.6 Å². The highest BCUT2D eigenvalue weighted by atomic mass is 16.3. The van der Waals surface area contributed by atoms with Gasteiger partial charge >= 0.3 is 0 Å². The van der Waals surface area contributed by atoms with Gasteiger partial charge in [0.05, 0.1) is 30.0 Å². The van der Waals surface area contributed by atoms with Gasteiger partial charge in [0, 0.05) is 5.41 Å². The fourth-order valence-corrected chi connectivity index (χ4v) is 9.75. The first kappa shape index (κ1) is 27.6. The summed E-state index contributed by atoms with van der Waals surface area (Å²) >= 11 is 0. The van der Waals surface area contributed by atoms with Crippen LogP contribution in [0.4, 0.5) is 0 Å². The number of aliphatic hydroxyl groups excluding tert-OH is 4. The number of allylic oxidation sites excluding steroid dienone is 1. The van der Waals surface area contributed by atoms with Gasteiger partial charge in [-0.25, -0.2) is 0 Å². The van der Waals surface area contributed by atoms with Gasteiger partial charge in [-0.1, -0.05) is 52.7 Å². The predicted octanol–water partition coefficient (Wildman–Crippen LogP) is 4.59. The van der Waals surface area contributed by atoms with E-state index in [1.54, 1.807) is 13.8 Å². The molecule has 4 rings (SSSR count). The van der Waals surface area contributed by atoms with Gasteiger partial charge < -0.3 is 25.5 Å². The molecule has 0 saturated heterocycles.